The molecule has 0 saturated carbocycles. The van der Waals surface area contributed by atoms with E-state index in [0.29, 0.717) is 17.4 Å². The smallest absolute Gasteiger partial charge is 0.306 e. The van der Waals surface area contributed by atoms with Crippen LogP contribution in [-0.4, -0.2) is 70.0 Å². The highest BCUT2D eigenvalue weighted by Gasteiger charge is 2.22. The van der Waals surface area contributed by atoms with Crippen LogP contribution in [0.3, 0.4) is 0 Å². The number of esters is 2. The molecular weight excluding hydrogens is 954 g/mol. The standard InChI is InChI=1S/C65H126NO8P/c1-6-8-10-12-14-16-18-20-22-24-26-28-30-31-32-33-34-35-36-38-40-42-44-46-48-50-52-54-56-58-65(68)74-63(62-73-75(69,70)72-60-59-66(3,4)5)61-71-64(67)57-55-53-51-49-47-45-43-41-39-37-29-27-25-23-21-19-17-15-13-11-9-7-2/h18,20,24,26,63H,6-17,19,21-23,25,27-62H2,1-5H3/b20-18-,26-24-. The Hall–Kier alpha value is -1.51. The first kappa shape index (κ1) is 73.5. The fourth-order valence-corrected chi connectivity index (χ4v) is 10.4. The Morgan fingerprint density at radius 1 is 0.413 bits per heavy atom. The Balaban J connectivity index is 4.04. The van der Waals surface area contributed by atoms with E-state index < -0.39 is 26.5 Å². The number of likely N-dealkylation sites (N-methyl/N-ethyl adjacent to an activating group) is 1. The number of hydrogen-bond donors (Lipinski definition) is 0. The second kappa shape index (κ2) is 57.2. The van der Waals surface area contributed by atoms with Gasteiger partial charge in [0.1, 0.15) is 19.8 Å². The molecule has 0 aromatic rings. The summed E-state index contributed by atoms with van der Waals surface area (Å²) < 4.78 is 34.3. The average Bonchev–Trinajstić information content (AvgIpc) is 3.37. The molecule has 0 saturated heterocycles. The summed E-state index contributed by atoms with van der Waals surface area (Å²) in [6, 6.07) is 0. The number of quaternary nitrogens is 1. The largest absolute Gasteiger partial charge is 0.756 e. The van der Waals surface area contributed by atoms with E-state index in [1.54, 1.807) is 0 Å². The monoisotopic (exact) mass is 1080 g/mol. The Morgan fingerprint density at radius 2 is 0.720 bits per heavy atom. The van der Waals surface area contributed by atoms with E-state index in [0.717, 1.165) is 38.5 Å². The van der Waals surface area contributed by atoms with Gasteiger partial charge in [-0.2, -0.15) is 0 Å². The third kappa shape index (κ3) is 61.6. The zero-order valence-corrected chi connectivity index (χ0v) is 51.4. The topological polar surface area (TPSA) is 111 Å². The fourth-order valence-electron chi connectivity index (χ4n) is 9.69. The van der Waals surface area contributed by atoms with E-state index in [1.807, 2.05) is 21.1 Å². The molecule has 0 aromatic carbocycles. The van der Waals surface area contributed by atoms with Crippen LogP contribution in [0.15, 0.2) is 24.3 Å². The van der Waals surface area contributed by atoms with Crippen molar-refractivity contribution in [3.8, 4) is 0 Å². The van der Waals surface area contributed by atoms with Crippen molar-refractivity contribution in [1.82, 2.24) is 0 Å². The predicted molar refractivity (Wildman–Crippen MR) is 319 cm³/mol. The maximum Gasteiger partial charge on any atom is 0.306 e. The van der Waals surface area contributed by atoms with Gasteiger partial charge in [0.2, 0.25) is 0 Å². The molecule has 0 aliphatic rings. The zero-order chi connectivity index (χ0) is 54.9. The first-order valence-electron chi connectivity index (χ1n) is 32.5. The molecule has 0 aliphatic carbocycles. The lowest BCUT2D eigenvalue weighted by Gasteiger charge is -2.28. The van der Waals surface area contributed by atoms with Crippen LogP contribution in [0.4, 0.5) is 0 Å². The molecule has 0 aromatic heterocycles. The Kier molecular flexibility index (Phi) is 56.0. The summed E-state index contributed by atoms with van der Waals surface area (Å²) in [6.07, 6.45) is 69.6. The minimum atomic E-state index is -4.63. The van der Waals surface area contributed by atoms with Crippen LogP contribution in [-0.2, 0) is 32.7 Å². The lowest BCUT2D eigenvalue weighted by Crippen LogP contribution is -2.37. The third-order valence-electron chi connectivity index (χ3n) is 14.7. The number of unbranched alkanes of at least 4 members (excludes halogenated alkanes) is 43. The van der Waals surface area contributed by atoms with Gasteiger partial charge in [0, 0.05) is 12.8 Å². The number of phosphoric acid groups is 1. The zero-order valence-electron chi connectivity index (χ0n) is 50.5. The number of allylic oxidation sites excluding steroid dienone is 4. The van der Waals surface area contributed by atoms with Gasteiger partial charge in [-0.15, -0.1) is 0 Å². The van der Waals surface area contributed by atoms with Gasteiger partial charge in [-0.3, -0.25) is 14.2 Å². The number of ether oxygens (including phenoxy) is 2. The van der Waals surface area contributed by atoms with E-state index in [-0.39, 0.29) is 32.0 Å². The summed E-state index contributed by atoms with van der Waals surface area (Å²) in [5, 5.41) is 0. The molecule has 0 amide bonds. The van der Waals surface area contributed by atoms with Gasteiger partial charge in [-0.25, -0.2) is 0 Å². The molecular formula is C65H126NO8P. The van der Waals surface area contributed by atoms with Gasteiger partial charge in [0.05, 0.1) is 27.7 Å². The van der Waals surface area contributed by atoms with Crippen LogP contribution in [0.5, 0.6) is 0 Å². The van der Waals surface area contributed by atoms with E-state index in [1.165, 1.54) is 257 Å². The maximum absolute atomic E-state index is 12.8. The summed E-state index contributed by atoms with van der Waals surface area (Å²) in [7, 11) is 1.19. The maximum atomic E-state index is 12.8. The van der Waals surface area contributed by atoms with Crippen LogP contribution in [0.1, 0.15) is 328 Å². The summed E-state index contributed by atoms with van der Waals surface area (Å²) in [5.74, 6) is -0.811. The fraction of sp³-hybridized carbons (Fsp3) is 0.908. The minimum Gasteiger partial charge on any atom is -0.756 e. The van der Waals surface area contributed by atoms with E-state index in [9.17, 15) is 19.0 Å². The molecule has 9 nitrogen and oxygen atoms in total. The molecule has 0 fully saturated rings. The molecule has 2 atom stereocenters. The highest BCUT2D eigenvalue weighted by Crippen LogP contribution is 2.38. The Bertz CT molecular complexity index is 1320. The molecule has 0 rings (SSSR count). The number of phosphoric ester groups is 1. The van der Waals surface area contributed by atoms with Gasteiger partial charge < -0.3 is 27.9 Å². The first-order valence-corrected chi connectivity index (χ1v) is 34.0. The van der Waals surface area contributed by atoms with Gasteiger partial charge in [0.15, 0.2) is 6.10 Å². The van der Waals surface area contributed by atoms with Crippen molar-refractivity contribution in [2.24, 2.45) is 0 Å². The highest BCUT2D eigenvalue weighted by molar-refractivity contribution is 7.45. The molecule has 0 radical (unpaired) electrons. The number of nitrogens with zero attached hydrogens (tertiary/aromatic N) is 1. The molecule has 0 spiro atoms. The van der Waals surface area contributed by atoms with Crippen molar-refractivity contribution in [2.45, 2.75) is 335 Å². The lowest BCUT2D eigenvalue weighted by molar-refractivity contribution is -0.870. The summed E-state index contributed by atoms with van der Waals surface area (Å²) >= 11 is 0. The minimum absolute atomic E-state index is 0.0271. The van der Waals surface area contributed by atoms with Gasteiger partial charge in [-0.05, 0) is 44.9 Å². The van der Waals surface area contributed by atoms with Crippen molar-refractivity contribution in [3.05, 3.63) is 24.3 Å². The average molecular weight is 1080 g/mol. The molecule has 0 aliphatic heterocycles. The number of hydrogen-bond acceptors (Lipinski definition) is 8. The van der Waals surface area contributed by atoms with Crippen molar-refractivity contribution in [1.29, 1.82) is 0 Å². The number of carbonyl (C=O) groups excluding carboxylic acids is 2. The number of rotatable bonds is 61. The van der Waals surface area contributed by atoms with E-state index in [2.05, 4.69) is 38.2 Å². The molecule has 0 N–H and O–H groups in total. The van der Waals surface area contributed by atoms with Crippen molar-refractivity contribution < 1.29 is 42.1 Å². The summed E-state index contributed by atoms with van der Waals surface area (Å²) in [6.45, 7) is 4.30. The second-order valence-corrected chi connectivity index (χ2v) is 24.9. The molecule has 10 heteroatoms. The lowest BCUT2D eigenvalue weighted by atomic mass is 10.0. The van der Waals surface area contributed by atoms with Crippen molar-refractivity contribution in [3.63, 3.8) is 0 Å². The van der Waals surface area contributed by atoms with Crippen molar-refractivity contribution >= 4 is 19.8 Å². The predicted octanol–water partition coefficient (Wildman–Crippen LogP) is 19.9. The van der Waals surface area contributed by atoms with Crippen LogP contribution in [0.2, 0.25) is 0 Å². The van der Waals surface area contributed by atoms with Crippen LogP contribution >= 0.6 is 7.82 Å². The van der Waals surface area contributed by atoms with Crippen molar-refractivity contribution in [2.75, 3.05) is 47.5 Å². The highest BCUT2D eigenvalue weighted by atomic mass is 31.2. The summed E-state index contributed by atoms with van der Waals surface area (Å²) in [5.41, 5.74) is 0. The van der Waals surface area contributed by atoms with Crippen LogP contribution in [0.25, 0.3) is 0 Å². The van der Waals surface area contributed by atoms with E-state index >= 15 is 0 Å². The second-order valence-electron chi connectivity index (χ2n) is 23.5. The third-order valence-corrected chi connectivity index (χ3v) is 15.7. The molecule has 0 bridgehead atoms. The SMILES string of the molecule is CCCCCCC/C=C\C/C=C\CCCCCCCCCCCCCCCCCCCC(=O)OC(COC(=O)CCCCCCCCCCCCCCCCCCCCCCCC)COP(=O)([O-])OCC[N+](C)(C)C. The Morgan fingerprint density at radius 3 is 1.05 bits per heavy atom. The first-order chi connectivity index (χ1) is 36.5. The normalized spacial score (nSPS) is 13.3. The van der Waals surface area contributed by atoms with Crippen LogP contribution < -0.4 is 4.89 Å². The molecule has 2 unspecified atom stereocenters. The van der Waals surface area contributed by atoms with Gasteiger partial charge in [0.25, 0.3) is 7.82 Å². The molecule has 75 heavy (non-hydrogen) atoms. The van der Waals surface area contributed by atoms with Gasteiger partial charge >= 0.3 is 11.9 Å². The quantitative estimate of drug-likeness (QED) is 0.0195. The van der Waals surface area contributed by atoms with Crippen LogP contribution in [0, 0.1) is 0 Å². The van der Waals surface area contributed by atoms with Gasteiger partial charge in [-0.1, -0.05) is 295 Å². The molecule has 444 valence electrons. The summed E-state index contributed by atoms with van der Waals surface area (Å²) in [4.78, 5) is 38.0. The molecule has 0 heterocycles. The number of carbonyl (C=O) groups is 2. The Labute approximate surface area is 466 Å². The van der Waals surface area contributed by atoms with E-state index in [4.69, 9.17) is 18.5 Å².